The second-order valence-electron chi connectivity index (χ2n) is 10.0. The van der Waals surface area contributed by atoms with Gasteiger partial charge in [-0.05, 0) is 71.2 Å². The molecule has 0 bridgehead atoms. The minimum atomic E-state index is -0.141. The number of nitrogens with one attached hydrogen (secondary N) is 2. The van der Waals surface area contributed by atoms with Crippen molar-refractivity contribution in [2.45, 2.75) is 65.6 Å². The molecule has 0 fully saturated rings. The first-order valence-corrected chi connectivity index (χ1v) is 10.8. The molecular weight excluding hydrogens is 388 g/mol. The SMILES string of the molecule is CC(C)(C)N1CCc2ccccc2NC1=O.CC(C)(C)N1Cc2ccccc2NC1=O. The van der Waals surface area contributed by atoms with Gasteiger partial charge in [0.05, 0.1) is 0 Å². The van der Waals surface area contributed by atoms with Crippen molar-refractivity contribution in [1.82, 2.24) is 9.80 Å². The number of hydrogen-bond acceptors (Lipinski definition) is 2. The maximum atomic E-state index is 12.0. The van der Waals surface area contributed by atoms with Crippen molar-refractivity contribution < 1.29 is 9.59 Å². The van der Waals surface area contributed by atoms with Crippen LogP contribution >= 0.6 is 0 Å². The normalized spacial score (nSPS) is 16.2. The second-order valence-corrected chi connectivity index (χ2v) is 10.0. The second kappa shape index (κ2) is 8.61. The summed E-state index contributed by atoms with van der Waals surface area (Å²) in [6.07, 6.45) is 0.909. The minimum Gasteiger partial charge on any atom is -0.319 e. The first-order valence-electron chi connectivity index (χ1n) is 10.8. The zero-order valence-electron chi connectivity index (χ0n) is 19.5. The van der Waals surface area contributed by atoms with Crippen molar-refractivity contribution in [3.63, 3.8) is 0 Å². The van der Waals surface area contributed by atoms with Crippen LogP contribution in [0, 0.1) is 0 Å². The number of nitrogens with zero attached hydrogens (tertiary/aromatic N) is 2. The van der Waals surface area contributed by atoms with Crippen LogP contribution in [0.3, 0.4) is 0 Å². The molecule has 2 N–H and O–H groups in total. The molecule has 6 nitrogen and oxygen atoms in total. The third-order valence-corrected chi connectivity index (χ3v) is 5.56. The lowest BCUT2D eigenvalue weighted by molar-refractivity contribution is 0.149. The number of carbonyl (C=O) groups is 2. The van der Waals surface area contributed by atoms with Crippen LogP contribution in [0.25, 0.3) is 0 Å². The molecule has 166 valence electrons. The van der Waals surface area contributed by atoms with E-state index in [1.54, 1.807) is 0 Å². The first-order chi connectivity index (χ1) is 14.5. The molecule has 2 aromatic rings. The van der Waals surface area contributed by atoms with Gasteiger partial charge in [0.2, 0.25) is 0 Å². The highest BCUT2D eigenvalue weighted by Gasteiger charge is 2.31. The van der Waals surface area contributed by atoms with Gasteiger partial charge in [-0.2, -0.15) is 0 Å². The highest BCUT2D eigenvalue weighted by molar-refractivity contribution is 5.93. The van der Waals surface area contributed by atoms with Gasteiger partial charge in [-0.1, -0.05) is 36.4 Å². The summed E-state index contributed by atoms with van der Waals surface area (Å²) in [4.78, 5) is 27.6. The quantitative estimate of drug-likeness (QED) is 0.571. The topological polar surface area (TPSA) is 64.7 Å². The van der Waals surface area contributed by atoms with Crippen LogP contribution in [0.15, 0.2) is 48.5 Å². The Labute approximate surface area is 185 Å². The summed E-state index contributed by atoms with van der Waals surface area (Å²) in [6, 6.07) is 15.9. The van der Waals surface area contributed by atoms with Gasteiger partial charge in [-0.3, -0.25) is 0 Å². The van der Waals surface area contributed by atoms with Gasteiger partial charge in [0.15, 0.2) is 0 Å². The predicted octanol–water partition coefficient (Wildman–Crippen LogP) is 5.71. The van der Waals surface area contributed by atoms with Crippen LogP contribution in [-0.4, -0.2) is 39.5 Å². The maximum Gasteiger partial charge on any atom is 0.322 e. The molecule has 2 aliphatic heterocycles. The summed E-state index contributed by atoms with van der Waals surface area (Å²) in [6.45, 7) is 13.8. The Kier molecular flexibility index (Phi) is 6.30. The van der Waals surface area contributed by atoms with Crippen molar-refractivity contribution >= 4 is 23.4 Å². The fourth-order valence-corrected chi connectivity index (χ4v) is 3.76. The molecule has 0 unspecified atom stereocenters. The lowest BCUT2D eigenvalue weighted by atomic mass is 10.0. The van der Waals surface area contributed by atoms with Crippen LogP contribution in [-0.2, 0) is 13.0 Å². The van der Waals surface area contributed by atoms with Gasteiger partial charge in [-0.25, -0.2) is 9.59 Å². The summed E-state index contributed by atoms with van der Waals surface area (Å²) in [5.41, 5.74) is 3.99. The van der Waals surface area contributed by atoms with Crippen LogP contribution in [0.2, 0.25) is 0 Å². The molecule has 2 heterocycles. The zero-order valence-corrected chi connectivity index (χ0v) is 19.5. The number of benzene rings is 2. The van der Waals surface area contributed by atoms with Crippen LogP contribution in [0.1, 0.15) is 52.7 Å². The molecule has 2 aliphatic rings. The zero-order chi connectivity index (χ0) is 22.8. The highest BCUT2D eigenvalue weighted by Crippen LogP contribution is 2.27. The molecule has 0 spiro atoms. The number of anilines is 2. The number of fused-ring (bicyclic) bond motifs is 2. The van der Waals surface area contributed by atoms with E-state index in [1.807, 2.05) is 73.0 Å². The van der Waals surface area contributed by atoms with Crippen molar-refractivity contribution in [3.8, 4) is 0 Å². The fourth-order valence-electron chi connectivity index (χ4n) is 3.76. The van der Waals surface area contributed by atoms with Gasteiger partial charge >= 0.3 is 12.1 Å². The Morgan fingerprint density at radius 2 is 1.13 bits per heavy atom. The van der Waals surface area contributed by atoms with E-state index in [-0.39, 0.29) is 23.1 Å². The Balaban J connectivity index is 0.000000176. The Morgan fingerprint density at radius 1 is 0.677 bits per heavy atom. The molecule has 31 heavy (non-hydrogen) atoms. The highest BCUT2D eigenvalue weighted by atomic mass is 16.2. The third kappa shape index (κ3) is 5.37. The molecule has 0 radical (unpaired) electrons. The number of amides is 4. The van der Waals surface area contributed by atoms with E-state index in [0.717, 1.165) is 24.3 Å². The summed E-state index contributed by atoms with van der Waals surface area (Å²) in [7, 11) is 0. The monoisotopic (exact) mass is 422 g/mol. The van der Waals surface area contributed by atoms with E-state index in [2.05, 4.69) is 37.5 Å². The molecule has 6 heteroatoms. The van der Waals surface area contributed by atoms with Crippen molar-refractivity contribution in [2.24, 2.45) is 0 Å². The molecule has 4 amide bonds. The van der Waals surface area contributed by atoms with Crippen LogP contribution in [0.5, 0.6) is 0 Å². The summed E-state index contributed by atoms with van der Waals surface area (Å²) < 4.78 is 0. The third-order valence-electron chi connectivity index (χ3n) is 5.56. The van der Waals surface area contributed by atoms with E-state index in [1.165, 1.54) is 11.1 Å². The van der Waals surface area contributed by atoms with Gasteiger partial charge < -0.3 is 20.4 Å². The first kappa shape index (κ1) is 22.7. The Hall–Kier alpha value is -3.02. The molecule has 0 atom stereocenters. The Morgan fingerprint density at radius 3 is 1.68 bits per heavy atom. The molecule has 0 saturated carbocycles. The lowest BCUT2D eigenvalue weighted by Crippen LogP contribution is -2.49. The molecule has 2 aromatic carbocycles. The fraction of sp³-hybridized carbons (Fsp3) is 0.440. The molecule has 0 aliphatic carbocycles. The summed E-state index contributed by atoms with van der Waals surface area (Å²) in [5, 5.41) is 5.87. The van der Waals surface area contributed by atoms with Crippen LogP contribution < -0.4 is 10.6 Å². The van der Waals surface area contributed by atoms with Crippen molar-refractivity contribution in [3.05, 3.63) is 59.7 Å². The average molecular weight is 423 g/mol. The molecule has 4 rings (SSSR count). The Bertz CT molecular complexity index is 956. The van der Waals surface area contributed by atoms with E-state index < -0.39 is 0 Å². The van der Waals surface area contributed by atoms with Gasteiger partial charge in [0.1, 0.15) is 0 Å². The minimum absolute atomic E-state index is 0.00236. The number of urea groups is 2. The van der Waals surface area contributed by atoms with Gasteiger partial charge in [0, 0.05) is 35.5 Å². The summed E-state index contributed by atoms with van der Waals surface area (Å²) in [5.74, 6) is 0. The number of para-hydroxylation sites is 2. The predicted molar refractivity (Wildman–Crippen MR) is 126 cm³/mol. The van der Waals surface area contributed by atoms with E-state index in [9.17, 15) is 9.59 Å². The maximum absolute atomic E-state index is 12.0. The molecule has 0 saturated heterocycles. The number of carbonyl (C=O) groups excluding carboxylic acids is 2. The largest absolute Gasteiger partial charge is 0.322 e. The van der Waals surface area contributed by atoms with Gasteiger partial charge in [-0.15, -0.1) is 0 Å². The standard InChI is InChI=1S/C13H18N2O.C12H16N2O/c1-13(2,3)15-9-8-10-6-4-5-7-11(10)14-12(15)16;1-12(2,3)14-8-9-6-4-5-7-10(9)13-11(14)15/h4-7H,8-9H2,1-3H3,(H,14,16);4-7H,8H2,1-3H3,(H,13,15). The lowest BCUT2D eigenvalue weighted by Gasteiger charge is -2.39. The summed E-state index contributed by atoms with van der Waals surface area (Å²) >= 11 is 0. The molecular formula is C25H34N4O2. The van der Waals surface area contributed by atoms with Crippen molar-refractivity contribution in [1.29, 1.82) is 0 Å². The van der Waals surface area contributed by atoms with E-state index in [4.69, 9.17) is 0 Å². The molecule has 0 aromatic heterocycles. The van der Waals surface area contributed by atoms with Crippen molar-refractivity contribution in [2.75, 3.05) is 17.2 Å². The average Bonchev–Trinajstić information content (AvgIpc) is 2.85. The van der Waals surface area contributed by atoms with E-state index in [0.29, 0.717) is 6.54 Å². The van der Waals surface area contributed by atoms with Crippen LogP contribution in [0.4, 0.5) is 21.0 Å². The smallest absolute Gasteiger partial charge is 0.319 e. The number of hydrogen-bond donors (Lipinski definition) is 2. The number of rotatable bonds is 0. The van der Waals surface area contributed by atoms with E-state index >= 15 is 0 Å². The van der Waals surface area contributed by atoms with Gasteiger partial charge in [0.25, 0.3) is 0 Å².